The third-order valence-electron chi connectivity index (χ3n) is 20.5. The molecule has 0 fully saturated rings. The lowest BCUT2D eigenvalue weighted by molar-refractivity contribution is -0.142. The Morgan fingerprint density at radius 3 is 1.61 bits per heavy atom. The molecule has 3 N–H and O–H groups in total. The van der Waals surface area contributed by atoms with E-state index in [1.54, 1.807) is 43.2 Å². The van der Waals surface area contributed by atoms with E-state index in [9.17, 15) is 63.1 Å². The van der Waals surface area contributed by atoms with Gasteiger partial charge in [-0.15, -0.1) is 0 Å². The summed E-state index contributed by atoms with van der Waals surface area (Å²) in [5, 5.41) is 10.2. The highest BCUT2D eigenvalue weighted by molar-refractivity contribution is 5.91. The van der Waals surface area contributed by atoms with Crippen LogP contribution < -0.4 is 10.6 Å². The second-order valence-corrected chi connectivity index (χ2v) is 29.5. The molecule has 6 heterocycles. The smallest absolute Gasteiger partial charge is 0.361 e. The van der Waals surface area contributed by atoms with Gasteiger partial charge in [-0.05, 0) is 184 Å². The van der Waals surface area contributed by atoms with Crippen LogP contribution in [0.3, 0.4) is 0 Å². The standard InChI is InChI=1S/C31H25F3N4O2.C31H28F2N4O.C30H27F5N4O/c1-18(39)37-28-14-20(8-9-26(28)34)25-6-4-10-35-31(25)29(13-19-11-22(32)16-23(33)12-19)38-30(40)15-21-17-36-27-7-3-2-5-24(21)27;1-19-4-6-23(7-5-19)30-31(35-9-8-34-30)24(12-22-13-25(32)16-26(33)14-22)15-27(38)17-37-18-36-28-10-20(2)21(3)11-29(28)37;1-18-6-8-20(9-7-18)27-28(37-11-10-36-27)21(12-19-13-22(31)16-23(32)14-19)15-24(40)17-39-26-5-3-2-4-25(26)29(38-39)30(33,34)35/h2-12,14,16-17,29,36H,13,15H2,1H3,(H,37,39)(H,38,40);4-11,13-14,16,18,24H,12,15,17H2,1-3H3;6-11,13-14,16,21H,2-5,12,15,17H2,1H3/t29-;;/m0../s1. The Labute approximate surface area is 673 Å². The number of amides is 2. The zero-order valence-electron chi connectivity index (χ0n) is 64.9. The SMILES string of the molecule is CC(=O)Nc1cc(-c2cccnc2[C@H](Cc2cc(F)cc(F)c2)NC(=O)Cc2c[nH]c3ccccc23)ccc1F.Cc1ccc(-c2nccnc2C(CC(=O)Cn2cnc3cc(C)c(C)cc32)Cc2cc(F)cc(F)c2)cc1.Cc1ccc(-c2nccnc2C(CC(=O)Cn2nc(C(F)(F)F)c3c2CCCC3)Cc2cc(F)cc(F)c2)cc1. The fraction of sp³-hybridized carbons (Fsp3) is 0.228. The van der Waals surface area contributed by atoms with Crippen LogP contribution in [0.25, 0.3) is 55.6 Å². The summed E-state index contributed by atoms with van der Waals surface area (Å²) < 4.78 is 143. The van der Waals surface area contributed by atoms with E-state index in [2.05, 4.69) is 50.6 Å². The average molecular weight is 1610 g/mol. The van der Waals surface area contributed by atoms with Gasteiger partial charge < -0.3 is 20.2 Å². The minimum Gasteiger partial charge on any atom is -0.361 e. The number of ketones is 2. The number of nitrogens with zero attached hydrogens (tertiary/aromatic N) is 9. The summed E-state index contributed by atoms with van der Waals surface area (Å²) in [5.41, 5.74) is 14.0. The van der Waals surface area contributed by atoms with Crippen molar-refractivity contribution in [3.8, 4) is 33.6 Å². The van der Waals surface area contributed by atoms with E-state index in [1.165, 1.54) is 78.6 Å². The van der Waals surface area contributed by atoms with E-state index in [0.29, 0.717) is 74.8 Å². The Hall–Kier alpha value is -13.1. The molecule has 602 valence electrons. The van der Waals surface area contributed by atoms with Crippen molar-refractivity contribution < 1.29 is 63.1 Å². The van der Waals surface area contributed by atoms with Crippen LogP contribution >= 0.6 is 0 Å². The second kappa shape index (κ2) is 36.8. The number of para-hydroxylation sites is 1. The van der Waals surface area contributed by atoms with Gasteiger partial charge in [-0.3, -0.25) is 48.8 Å². The molecule has 1 aliphatic carbocycles. The van der Waals surface area contributed by atoms with Crippen molar-refractivity contribution in [1.82, 2.24) is 54.6 Å². The maximum atomic E-state index is 14.4. The van der Waals surface area contributed by atoms with E-state index in [1.807, 2.05) is 117 Å². The maximum absolute atomic E-state index is 14.4. The molecule has 3 atom stereocenters. The van der Waals surface area contributed by atoms with Gasteiger partial charge in [-0.2, -0.15) is 18.3 Å². The molecule has 15 rings (SSSR count). The quantitative estimate of drug-likeness (QED) is 0.0485. The van der Waals surface area contributed by atoms with E-state index in [0.717, 1.165) is 85.5 Å². The van der Waals surface area contributed by atoms with Crippen LogP contribution in [0.15, 0.2) is 213 Å². The van der Waals surface area contributed by atoms with Crippen molar-refractivity contribution in [3.05, 3.63) is 333 Å². The number of rotatable bonds is 24. The third-order valence-corrected chi connectivity index (χ3v) is 20.5. The fourth-order valence-electron chi connectivity index (χ4n) is 15.0. The Bertz CT molecular complexity index is 5960. The number of Topliss-reactive ketones (excluding diaryl/α,β-unsaturated/α-hetero) is 2. The van der Waals surface area contributed by atoms with Crippen LogP contribution in [0.2, 0.25) is 0 Å². The summed E-state index contributed by atoms with van der Waals surface area (Å²) in [6.07, 6.45) is 9.03. The van der Waals surface area contributed by atoms with Gasteiger partial charge in [0.1, 0.15) is 40.7 Å². The molecule has 0 aliphatic heterocycles. The maximum Gasteiger partial charge on any atom is 0.435 e. The van der Waals surface area contributed by atoms with Crippen molar-refractivity contribution in [2.45, 2.75) is 136 Å². The highest BCUT2D eigenvalue weighted by Crippen LogP contribution is 2.39. The van der Waals surface area contributed by atoms with Gasteiger partial charge >= 0.3 is 6.18 Å². The van der Waals surface area contributed by atoms with Crippen LogP contribution in [0.1, 0.15) is 129 Å². The number of aromatic amines is 1. The number of H-pyrrole nitrogens is 1. The lowest BCUT2D eigenvalue weighted by Crippen LogP contribution is -2.32. The van der Waals surface area contributed by atoms with E-state index in [4.69, 9.17) is 0 Å². The first-order valence-corrected chi connectivity index (χ1v) is 38.2. The Balaban J connectivity index is 0.000000154. The number of pyridine rings is 1. The highest BCUT2D eigenvalue weighted by Gasteiger charge is 2.40. The summed E-state index contributed by atoms with van der Waals surface area (Å²) >= 11 is 0. The first-order valence-electron chi connectivity index (χ1n) is 38.2. The van der Waals surface area contributed by atoms with E-state index in [-0.39, 0.29) is 86.8 Å². The first kappa shape index (κ1) is 82.8. The summed E-state index contributed by atoms with van der Waals surface area (Å²) in [5.74, 6) is -7.13. The van der Waals surface area contributed by atoms with Gasteiger partial charge in [0.2, 0.25) is 11.8 Å². The van der Waals surface area contributed by atoms with Crippen molar-refractivity contribution >= 4 is 51.0 Å². The number of carbonyl (C=O) groups is 4. The number of benzene rings is 8. The van der Waals surface area contributed by atoms with Crippen molar-refractivity contribution in [1.29, 1.82) is 0 Å². The van der Waals surface area contributed by atoms with Crippen LogP contribution in [-0.2, 0) is 77.0 Å². The Kier molecular flexibility index (Phi) is 25.8. The van der Waals surface area contributed by atoms with Crippen LogP contribution in [0.5, 0.6) is 0 Å². The van der Waals surface area contributed by atoms with Gasteiger partial charge in [0.05, 0.1) is 77.1 Å². The Morgan fingerprint density at radius 1 is 0.525 bits per heavy atom. The van der Waals surface area contributed by atoms with Crippen molar-refractivity contribution in [3.63, 3.8) is 0 Å². The van der Waals surface area contributed by atoms with E-state index < -0.39 is 76.4 Å². The predicted octanol–water partition coefficient (Wildman–Crippen LogP) is 19.7. The molecular weight excluding hydrogens is 1530 g/mol. The molecule has 2 unspecified atom stereocenters. The third kappa shape index (κ3) is 20.7. The van der Waals surface area contributed by atoms with Crippen LogP contribution in [0.4, 0.5) is 49.6 Å². The van der Waals surface area contributed by atoms with Gasteiger partial charge in [-0.25, -0.2) is 35.7 Å². The van der Waals surface area contributed by atoms with Gasteiger partial charge in [0.15, 0.2) is 17.3 Å². The molecule has 118 heavy (non-hydrogen) atoms. The minimum absolute atomic E-state index is 0.00748. The molecule has 1 aliphatic rings. The summed E-state index contributed by atoms with van der Waals surface area (Å²) in [7, 11) is 0. The number of hydrogen-bond acceptors (Lipinski definition) is 11. The predicted molar refractivity (Wildman–Crippen MR) is 429 cm³/mol. The zero-order chi connectivity index (χ0) is 83.5. The second-order valence-electron chi connectivity index (χ2n) is 29.5. The van der Waals surface area contributed by atoms with Gasteiger partial charge in [0.25, 0.3) is 0 Å². The van der Waals surface area contributed by atoms with Crippen molar-refractivity contribution in [2.24, 2.45) is 0 Å². The number of alkyl halides is 3. The Morgan fingerprint density at radius 2 is 1.04 bits per heavy atom. The number of halogens is 10. The minimum atomic E-state index is -4.61. The molecule has 26 heteroatoms. The monoisotopic (exact) mass is 1610 g/mol. The molecule has 8 aromatic carbocycles. The zero-order valence-corrected chi connectivity index (χ0v) is 64.9. The normalized spacial score (nSPS) is 12.7. The lowest BCUT2D eigenvalue weighted by atomic mass is 9.88. The van der Waals surface area contributed by atoms with Gasteiger partial charge in [-0.1, -0.05) is 90.0 Å². The molecular formula is C92H80F10N12O4. The molecule has 2 amide bonds. The number of carbonyl (C=O) groups excluding carboxylic acids is 4. The van der Waals surface area contributed by atoms with Gasteiger partial charge in [0, 0.05) is 126 Å². The van der Waals surface area contributed by atoms with Crippen LogP contribution in [-0.4, -0.2) is 72.6 Å². The van der Waals surface area contributed by atoms with Crippen molar-refractivity contribution in [2.75, 3.05) is 5.32 Å². The average Bonchev–Trinajstić information content (AvgIpc) is 1.61. The molecule has 14 aromatic rings. The molecule has 16 nitrogen and oxygen atoms in total. The number of imidazole rings is 1. The molecule has 0 saturated carbocycles. The highest BCUT2D eigenvalue weighted by atomic mass is 19.4. The number of fused-ring (bicyclic) bond motifs is 3. The number of aromatic nitrogens is 10. The van der Waals surface area contributed by atoms with Crippen LogP contribution in [0, 0.1) is 68.4 Å². The number of nitrogens with one attached hydrogen (secondary N) is 3. The molecule has 0 radical (unpaired) electrons. The molecule has 0 spiro atoms. The largest absolute Gasteiger partial charge is 0.435 e. The van der Waals surface area contributed by atoms with E-state index >= 15 is 0 Å². The number of anilines is 1. The fourth-order valence-corrected chi connectivity index (χ4v) is 15.0. The molecule has 6 aromatic heterocycles. The first-order chi connectivity index (χ1) is 56.6. The lowest BCUT2D eigenvalue weighted by Gasteiger charge is -2.22. The summed E-state index contributed by atoms with van der Waals surface area (Å²) in [6.45, 7) is 9.08. The molecule has 0 saturated heterocycles. The summed E-state index contributed by atoms with van der Waals surface area (Å²) in [4.78, 5) is 82.1. The molecule has 0 bridgehead atoms. The number of aryl methyl sites for hydroxylation is 4. The number of hydrogen-bond donors (Lipinski definition) is 3. The topological polar surface area (TPSA) is 208 Å². The summed E-state index contributed by atoms with van der Waals surface area (Å²) in [6, 6.07) is 43.8.